The average Bonchev–Trinajstić information content (AvgIpc) is 2.64. The SMILES string of the molecule is CC(C)(C)NN.Cc1cc(C(=O)Cl)c(C)c(C)c1Cl.Cl.O=C(Cl)c1ccccc1. The Bertz CT molecular complexity index is 805. The maximum absolute atomic E-state index is 11.0. The summed E-state index contributed by atoms with van der Waals surface area (Å²) in [5.41, 5.74) is 6.42. The van der Waals surface area contributed by atoms with Crippen LogP contribution in [0.4, 0.5) is 0 Å². The molecule has 4 nitrogen and oxygen atoms in total. The van der Waals surface area contributed by atoms with E-state index in [1.165, 1.54) is 0 Å². The number of hydrogen-bond acceptors (Lipinski definition) is 4. The van der Waals surface area contributed by atoms with E-state index >= 15 is 0 Å². The molecule has 0 aliphatic rings. The minimum absolute atomic E-state index is 0. The van der Waals surface area contributed by atoms with Gasteiger partial charge in [-0.05, 0) is 87.5 Å². The van der Waals surface area contributed by atoms with Crippen LogP contribution >= 0.6 is 47.2 Å². The van der Waals surface area contributed by atoms with E-state index in [4.69, 9.17) is 40.6 Å². The first-order chi connectivity index (χ1) is 12.8. The van der Waals surface area contributed by atoms with Crippen LogP contribution in [0.5, 0.6) is 0 Å². The standard InChI is InChI=1S/C10H10Cl2O.C7H5ClO.C4H12N2.ClH/c1-5-4-8(10(12)13)6(2)7(3)9(5)11;8-7(9)6-4-2-1-3-5-6;1-4(2,3)6-5;/h4H,1-3H3;1-5H;6H,5H2,1-3H3;1H. The number of carbonyl (C=O) groups is 2. The van der Waals surface area contributed by atoms with Crippen molar-refractivity contribution in [1.29, 1.82) is 0 Å². The van der Waals surface area contributed by atoms with Gasteiger partial charge < -0.3 is 0 Å². The molecule has 2 rings (SSSR count). The Balaban J connectivity index is 0. The fourth-order valence-electron chi connectivity index (χ4n) is 1.82. The zero-order valence-electron chi connectivity index (χ0n) is 17.4. The van der Waals surface area contributed by atoms with Crippen LogP contribution in [0, 0.1) is 20.8 Å². The third kappa shape index (κ3) is 11.6. The van der Waals surface area contributed by atoms with E-state index in [-0.39, 0.29) is 17.9 Å². The van der Waals surface area contributed by atoms with Crippen LogP contribution in [-0.2, 0) is 0 Å². The molecule has 0 heterocycles. The van der Waals surface area contributed by atoms with Crippen molar-refractivity contribution in [2.75, 3.05) is 0 Å². The summed E-state index contributed by atoms with van der Waals surface area (Å²) < 4.78 is 0. The van der Waals surface area contributed by atoms with Crippen LogP contribution in [0.3, 0.4) is 0 Å². The molecular formula is C21H28Cl4N2O2. The van der Waals surface area contributed by atoms with Crippen LogP contribution < -0.4 is 11.3 Å². The number of hydrogen-bond donors (Lipinski definition) is 2. The number of nitrogens with two attached hydrogens (primary N) is 1. The average molecular weight is 482 g/mol. The van der Waals surface area contributed by atoms with E-state index in [0.29, 0.717) is 16.1 Å². The fourth-order valence-corrected chi connectivity index (χ4v) is 2.34. The largest absolute Gasteiger partial charge is 0.276 e. The molecule has 0 aliphatic carbocycles. The molecular weight excluding hydrogens is 454 g/mol. The number of carbonyl (C=O) groups excluding carboxylic acids is 2. The highest BCUT2D eigenvalue weighted by molar-refractivity contribution is 6.68. The van der Waals surface area contributed by atoms with Gasteiger partial charge in [0.25, 0.3) is 10.5 Å². The molecule has 0 aromatic heterocycles. The Hall–Kier alpha value is -1.14. The van der Waals surface area contributed by atoms with Crippen molar-refractivity contribution in [2.24, 2.45) is 5.84 Å². The first kappa shape index (κ1) is 30.1. The zero-order chi connectivity index (χ0) is 22.1. The Morgan fingerprint density at radius 3 is 1.69 bits per heavy atom. The van der Waals surface area contributed by atoms with Crippen LogP contribution in [0.1, 0.15) is 58.2 Å². The maximum Gasteiger partial charge on any atom is 0.252 e. The van der Waals surface area contributed by atoms with Gasteiger partial charge in [0.2, 0.25) is 0 Å². The van der Waals surface area contributed by atoms with E-state index in [1.807, 2.05) is 47.6 Å². The molecule has 0 amide bonds. The van der Waals surface area contributed by atoms with Crippen molar-refractivity contribution < 1.29 is 9.59 Å². The van der Waals surface area contributed by atoms with Crippen molar-refractivity contribution in [2.45, 2.75) is 47.1 Å². The van der Waals surface area contributed by atoms with Crippen molar-refractivity contribution in [1.82, 2.24) is 5.43 Å². The van der Waals surface area contributed by atoms with E-state index in [1.54, 1.807) is 30.3 Å². The molecule has 0 saturated heterocycles. The lowest BCUT2D eigenvalue weighted by Crippen LogP contribution is -2.41. The van der Waals surface area contributed by atoms with Gasteiger partial charge in [-0.25, -0.2) is 0 Å². The van der Waals surface area contributed by atoms with Gasteiger partial charge in [0.05, 0.1) is 0 Å². The minimum Gasteiger partial charge on any atom is -0.276 e. The van der Waals surface area contributed by atoms with E-state index in [9.17, 15) is 9.59 Å². The van der Waals surface area contributed by atoms with E-state index < -0.39 is 10.5 Å². The van der Waals surface area contributed by atoms with Crippen molar-refractivity contribution >= 4 is 57.7 Å². The second-order valence-corrected chi connectivity index (χ2v) is 8.18. The van der Waals surface area contributed by atoms with Gasteiger partial charge in [-0.3, -0.25) is 20.9 Å². The van der Waals surface area contributed by atoms with Gasteiger partial charge in [0.1, 0.15) is 0 Å². The van der Waals surface area contributed by atoms with Crippen molar-refractivity contribution in [3.63, 3.8) is 0 Å². The van der Waals surface area contributed by atoms with Crippen LogP contribution in [0.15, 0.2) is 36.4 Å². The maximum atomic E-state index is 11.0. The predicted octanol–water partition coefficient (Wildman–Crippen LogP) is 6.38. The zero-order valence-corrected chi connectivity index (χ0v) is 20.5. The Morgan fingerprint density at radius 2 is 1.38 bits per heavy atom. The van der Waals surface area contributed by atoms with E-state index in [0.717, 1.165) is 16.7 Å². The summed E-state index contributed by atoms with van der Waals surface area (Å²) in [6.45, 7) is 11.6. The van der Waals surface area contributed by atoms with Gasteiger partial charge >= 0.3 is 0 Å². The molecule has 2 aromatic rings. The molecule has 3 N–H and O–H groups in total. The summed E-state index contributed by atoms with van der Waals surface area (Å²) in [4.78, 5) is 21.4. The third-order valence-electron chi connectivity index (χ3n) is 3.65. The normalized spacial score (nSPS) is 9.86. The number of benzene rings is 2. The number of hydrazine groups is 1. The molecule has 0 bridgehead atoms. The first-order valence-corrected chi connectivity index (χ1v) is 9.64. The quantitative estimate of drug-likeness (QED) is 0.296. The monoisotopic (exact) mass is 480 g/mol. The van der Waals surface area contributed by atoms with Crippen LogP contribution in [-0.4, -0.2) is 16.0 Å². The third-order valence-corrected chi connectivity index (χ3v) is 4.65. The molecule has 0 fully saturated rings. The molecule has 0 unspecified atom stereocenters. The molecule has 2 aromatic carbocycles. The molecule has 0 saturated carbocycles. The number of aryl methyl sites for hydroxylation is 1. The highest BCUT2D eigenvalue weighted by atomic mass is 35.5. The molecule has 0 aliphatic heterocycles. The highest BCUT2D eigenvalue weighted by Gasteiger charge is 2.12. The molecule has 29 heavy (non-hydrogen) atoms. The lowest BCUT2D eigenvalue weighted by atomic mass is 10.0. The van der Waals surface area contributed by atoms with Crippen molar-refractivity contribution in [3.8, 4) is 0 Å². The fraction of sp³-hybridized carbons (Fsp3) is 0.333. The smallest absolute Gasteiger partial charge is 0.252 e. The Morgan fingerprint density at radius 1 is 0.931 bits per heavy atom. The molecule has 162 valence electrons. The number of rotatable bonds is 2. The lowest BCUT2D eigenvalue weighted by Gasteiger charge is -2.14. The number of halogens is 4. The lowest BCUT2D eigenvalue weighted by molar-refractivity contribution is 0.107. The van der Waals surface area contributed by atoms with Gasteiger partial charge in [-0.1, -0.05) is 41.9 Å². The Kier molecular flexibility index (Phi) is 14.5. The summed E-state index contributed by atoms with van der Waals surface area (Å²) in [7, 11) is 0. The van der Waals surface area contributed by atoms with Crippen LogP contribution in [0.2, 0.25) is 5.02 Å². The second kappa shape index (κ2) is 14.0. The van der Waals surface area contributed by atoms with Gasteiger partial charge in [-0.15, -0.1) is 12.4 Å². The minimum atomic E-state index is -0.430. The summed E-state index contributed by atoms with van der Waals surface area (Å²) >= 11 is 16.6. The van der Waals surface area contributed by atoms with Crippen molar-refractivity contribution in [3.05, 3.63) is 69.2 Å². The Labute approximate surface area is 194 Å². The topological polar surface area (TPSA) is 72.2 Å². The highest BCUT2D eigenvalue weighted by Crippen LogP contribution is 2.26. The van der Waals surface area contributed by atoms with Gasteiger partial charge in [0, 0.05) is 21.7 Å². The summed E-state index contributed by atoms with van der Waals surface area (Å²) in [6.07, 6.45) is 0. The second-order valence-electron chi connectivity index (χ2n) is 7.11. The summed E-state index contributed by atoms with van der Waals surface area (Å²) in [6, 6.07) is 10.5. The van der Waals surface area contributed by atoms with Gasteiger partial charge in [-0.2, -0.15) is 0 Å². The van der Waals surface area contributed by atoms with E-state index in [2.05, 4.69) is 5.43 Å². The summed E-state index contributed by atoms with van der Waals surface area (Å²) in [5.74, 6) is 5.06. The van der Waals surface area contributed by atoms with Gasteiger partial charge in [0.15, 0.2) is 0 Å². The predicted molar refractivity (Wildman–Crippen MR) is 127 cm³/mol. The van der Waals surface area contributed by atoms with Crippen LogP contribution in [0.25, 0.3) is 0 Å². The molecule has 8 heteroatoms. The first-order valence-electron chi connectivity index (χ1n) is 8.50. The molecule has 0 spiro atoms. The molecule has 0 radical (unpaired) electrons. The number of nitrogens with one attached hydrogen (secondary N) is 1. The molecule has 0 atom stereocenters. The summed E-state index contributed by atoms with van der Waals surface area (Å²) in [5, 5.41) is -0.130.